The quantitative estimate of drug-likeness (QED) is 0.391. The summed E-state index contributed by atoms with van der Waals surface area (Å²) in [7, 11) is 3.27. The molecule has 0 aliphatic carbocycles. The van der Waals surface area contributed by atoms with Gasteiger partial charge in [-0.15, -0.1) is 0 Å². The molecule has 0 atom stereocenters. The first-order chi connectivity index (χ1) is 14.7. The SMILES string of the molecule is C=Cc1c(OC)cc(-n2cc(-c3cccc(-c4ccccc4)c3C)cn2)cc1OC. The molecule has 0 saturated carbocycles. The fraction of sp³-hybridized carbons (Fsp3) is 0.115. The van der Waals surface area contributed by atoms with Crippen molar-refractivity contribution in [1.29, 1.82) is 0 Å². The fourth-order valence-corrected chi connectivity index (χ4v) is 3.74. The molecular formula is C26H24N2O2. The molecule has 0 radical (unpaired) electrons. The Bertz CT molecular complexity index is 1170. The van der Waals surface area contributed by atoms with Gasteiger partial charge in [-0.1, -0.05) is 61.2 Å². The first kappa shape index (κ1) is 19.5. The molecule has 0 fully saturated rings. The highest BCUT2D eigenvalue weighted by atomic mass is 16.5. The first-order valence-electron chi connectivity index (χ1n) is 9.75. The molecule has 0 N–H and O–H groups in total. The number of ether oxygens (including phenoxy) is 2. The summed E-state index contributed by atoms with van der Waals surface area (Å²) in [4.78, 5) is 0. The maximum Gasteiger partial charge on any atom is 0.131 e. The molecular weight excluding hydrogens is 372 g/mol. The van der Waals surface area contributed by atoms with Crippen molar-refractivity contribution in [2.45, 2.75) is 6.92 Å². The van der Waals surface area contributed by atoms with Crippen LogP contribution in [0.5, 0.6) is 11.5 Å². The Morgan fingerprint density at radius 3 is 2.10 bits per heavy atom. The molecule has 4 rings (SSSR count). The summed E-state index contributed by atoms with van der Waals surface area (Å²) >= 11 is 0. The molecule has 0 aliphatic rings. The first-order valence-corrected chi connectivity index (χ1v) is 9.75. The monoisotopic (exact) mass is 396 g/mol. The number of aromatic nitrogens is 2. The van der Waals surface area contributed by atoms with Crippen LogP contribution in [0.15, 0.2) is 79.6 Å². The second-order valence-electron chi connectivity index (χ2n) is 6.99. The van der Waals surface area contributed by atoms with Gasteiger partial charge in [-0.25, -0.2) is 4.68 Å². The van der Waals surface area contributed by atoms with Gasteiger partial charge in [0.25, 0.3) is 0 Å². The van der Waals surface area contributed by atoms with Gasteiger partial charge in [0, 0.05) is 23.9 Å². The average molecular weight is 396 g/mol. The van der Waals surface area contributed by atoms with Crippen molar-refractivity contribution >= 4 is 6.08 Å². The minimum absolute atomic E-state index is 0.693. The van der Waals surface area contributed by atoms with Crippen molar-refractivity contribution in [3.63, 3.8) is 0 Å². The van der Waals surface area contributed by atoms with Crippen LogP contribution in [0.25, 0.3) is 34.0 Å². The van der Waals surface area contributed by atoms with Crippen LogP contribution in [0, 0.1) is 6.92 Å². The number of benzene rings is 3. The normalized spacial score (nSPS) is 10.6. The van der Waals surface area contributed by atoms with E-state index in [0.29, 0.717) is 11.5 Å². The Labute approximate surface area is 177 Å². The summed E-state index contributed by atoms with van der Waals surface area (Å²) in [6.45, 7) is 6.01. The zero-order chi connectivity index (χ0) is 21.1. The average Bonchev–Trinajstić information content (AvgIpc) is 3.28. The van der Waals surface area contributed by atoms with Gasteiger partial charge in [-0.05, 0) is 29.2 Å². The topological polar surface area (TPSA) is 36.3 Å². The molecule has 0 unspecified atom stereocenters. The number of hydrogen-bond acceptors (Lipinski definition) is 3. The Kier molecular flexibility index (Phi) is 5.40. The van der Waals surface area contributed by atoms with E-state index in [1.807, 2.05) is 35.3 Å². The van der Waals surface area contributed by atoms with Gasteiger partial charge in [0.1, 0.15) is 11.5 Å². The Balaban J connectivity index is 1.77. The van der Waals surface area contributed by atoms with Crippen LogP contribution < -0.4 is 9.47 Å². The summed E-state index contributed by atoms with van der Waals surface area (Å²) in [6, 6.07) is 20.7. The van der Waals surface area contributed by atoms with Crippen molar-refractivity contribution in [2.75, 3.05) is 14.2 Å². The minimum atomic E-state index is 0.693. The van der Waals surface area contributed by atoms with E-state index in [0.717, 1.165) is 22.4 Å². The van der Waals surface area contributed by atoms with Crippen LogP contribution in [-0.4, -0.2) is 24.0 Å². The minimum Gasteiger partial charge on any atom is -0.496 e. The molecule has 1 aromatic heterocycles. The van der Waals surface area contributed by atoms with Gasteiger partial charge in [0.2, 0.25) is 0 Å². The Morgan fingerprint density at radius 2 is 1.50 bits per heavy atom. The van der Waals surface area contributed by atoms with E-state index >= 15 is 0 Å². The molecule has 0 bridgehead atoms. The van der Waals surface area contributed by atoms with E-state index in [2.05, 4.69) is 61.1 Å². The Hall–Kier alpha value is -3.79. The fourth-order valence-electron chi connectivity index (χ4n) is 3.74. The third kappa shape index (κ3) is 3.48. The zero-order valence-corrected chi connectivity index (χ0v) is 17.4. The second kappa shape index (κ2) is 8.29. The molecule has 30 heavy (non-hydrogen) atoms. The summed E-state index contributed by atoms with van der Waals surface area (Å²) < 4.78 is 12.9. The summed E-state index contributed by atoms with van der Waals surface area (Å²) in [5.41, 5.74) is 7.54. The lowest BCUT2D eigenvalue weighted by Gasteiger charge is -2.13. The molecule has 0 aliphatic heterocycles. The van der Waals surface area contributed by atoms with Crippen LogP contribution in [0.1, 0.15) is 11.1 Å². The van der Waals surface area contributed by atoms with Crippen LogP contribution in [-0.2, 0) is 0 Å². The molecule has 4 nitrogen and oxygen atoms in total. The molecule has 4 heteroatoms. The standard InChI is InChI=1S/C26H24N2O2/c1-5-22-25(29-3)14-21(15-26(22)30-4)28-17-20(16-27-28)24-13-9-12-23(18(24)2)19-10-7-6-8-11-19/h5-17H,1H2,2-4H3. The van der Waals surface area contributed by atoms with Gasteiger partial charge in [-0.3, -0.25) is 0 Å². The highest BCUT2D eigenvalue weighted by Crippen LogP contribution is 2.35. The van der Waals surface area contributed by atoms with Gasteiger partial charge in [-0.2, -0.15) is 5.10 Å². The van der Waals surface area contributed by atoms with E-state index in [1.54, 1.807) is 20.3 Å². The second-order valence-corrected chi connectivity index (χ2v) is 6.99. The van der Waals surface area contributed by atoms with Gasteiger partial charge >= 0.3 is 0 Å². The van der Waals surface area contributed by atoms with Crippen LogP contribution in [0.3, 0.4) is 0 Å². The largest absolute Gasteiger partial charge is 0.496 e. The molecule has 0 amide bonds. The van der Waals surface area contributed by atoms with E-state index in [1.165, 1.54) is 16.7 Å². The third-order valence-corrected chi connectivity index (χ3v) is 5.31. The van der Waals surface area contributed by atoms with Crippen molar-refractivity contribution in [3.8, 4) is 39.4 Å². The maximum absolute atomic E-state index is 5.52. The van der Waals surface area contributed by atoms with Crippen molar-refractivity contribution < 1.29 is 9.47 Å². The molecule has 0 saturated heterocycles. The highest BCUT2D eigenvalue weighted by Gasteiger charge is 2.14. The van der Waals surface area contributed by atoms with Crippen LogP contribution in [0.4, 0.5) is 0 Å². The zero-order valence-electron chi connectivity index (χ0n) is 17.4. The predicted molar refractivity (Wildman–Crippen MR) is 122 cm³/mol. The summed E-state index contributed by atoms with van der Waals surface area (Å²) in [6.07, 6.45) is 5.64. The number of hydrogen-bond donors (Lipinski definition) is 0. The van der Waals surface area contributed by atoms with Gasteiger partial charge in [0.05, 0.1) is 31.7 Å². The highest BCUT2D eigenvalue weighted by molar-refractivity contribution is 5.78. The number of nitrogens with zero attached hydrogens (tertiary/aromatic N) is 2. The molecule has 3 aromatic carbocycles. The molecule has 1 heterocycles. The van der Waals surface area contributed by atoms with Gasteiger partial charge < -0.3 is 9.47 Å². The lowest BCUT2D eigenvalue weighted by molar-refractivity contribution is 0.392. The van der Waals surface area contributed by atoms with Gasteiger partial charge in [0.15, 0.2) is 0 Å². The lowest BCUT2D eigenvalue weighted by atomic mass is 9.94. The maximum atomic E-state index is 5.52. The van der Waals surface area contributed by atoms with Crippen LogP contribution in [0.2, 0.25) is 0 Å². The smallest absolute Gasteiger partial charge is 0.131 e. The van der Waals surface area contributed by atoms with Crippen LogP contribution >= 0.6 is 0 Å². The van der Waals surface area contributed by atoms with Crippen molar-refractivity contribution in [3.05, 3.63) is 90.8 Å². The van der Waals surface area contributed by atoms with Crippen molar-refractivity contribution in [2.24, 2.45) is 0 Å². The summed E-state index contributed by atoms with van der Waals surface area (Å²) in [5.74, 6) is 1.39. The van der Waals surface area contributed by atoms with Crippen molar-refractivity contribution in [1.82, 2.24) is 9.78 Å². The number of methoxy groups -OCH3 is 2. The van der Waals surface area contributed by atoms with E-state index in [4.69, 9.17) is 9.47 Å². The predicted octanol–water partition coefficient (Wildman–Crippen LogP) is 6.17. The molecule has 0 spiro atoms. The van der Waals surface area contributed by atoms with E-state index < -0.39 is 0 Å². The third-order valence-electron chi connectivity index (χ3n) is 5.31. The molecule has 4 aromatic rings. The Morgan fingerprint density at radius 1 is 0.867 bits per heavy atom. The van der Waals surface area contributed by atoms with E-state index in [9.17, 15) is 0 Å². The summed E-state index contributed by atoms with van der Waals surface area (Å²) in [5, 5.41) is 4.59. The number of rotatable bonds is 6. The molecule has 150 valence electrons. The lowest BCUT2D eigenvalue weighted by Crippen LogP contribution is -1.99. The van der Waals surface area contributed by atoms with E-state index in [-0.39, 0.29) is 0 Å².